The lowest BCUT2D eigenvalue weighted by molar-refractivity contribution is 0.262. The Bertz CT molecular complexity index is 543. The van der Waals surface area contributed by atoms with Crippen molar-refractivity contribution in [1.82, 2.24) is 10.3 Å². The van der Waals surface area contributed by atoms with Crippen LogP contribution in [0.25, 0.3) is 0 Å². The van der Waals surface area contributed by atoms with Crippen LogP contribution in [0.5, 0.6) is 0 Å². The molecule has 21 heavy (non-hydrogen) atoms. The summed E-state index contributed by atoms with van der Waals surface area (Å²) >= 11 is 0. The zero-order chi connectivity index (χ0) is 15.3. The molecular formula is C17H24N2O2. The average molecular weight is 288 g/mol. The minimum atomic E-state index is -0.0326. The Hall–Kier alpha value is -1.65. The second kappa shape index (κ2) is 6.87. The third-order valence-corrected chi connectivity index (χ3v) is 3.41. The monoisotopic (exact) mass is 288 g/mol. The van der Waals surface area contributed by atoms with Crippen LogP contribution in [0.3, 0.4) is 0 Å². The normalized spacial score (nSPS) is 13.3. The minimum absolute atomic E-state index is 0.0326. The van der Waals surface area contributed by atoms with Gasteiger partial charge in [-0.1, -0.05) is 51.1 Å². The van der Waals surface area contributed by atoms with E-state index in [4.69, 9.17) is 4.42 Å². The van der Waals surface area contributed by atoms with Gasteiger partial charge in [0.2, 0.25) is 5.89 Å². The highest BCUT2D eigenvalue weighted by atomic mass is 16.4. The van der Waals surface area contributed by atoms with Gasteiger partial charge < -0.3 is 14.8 Å². The first-order chi connectivity index (χ1) is 10.0. The van der Waals surface area contributed by atoms with E-state index in [1.165, 1.54) is 0 Å². The zero-order valence-corrected chi connectivity index (χ0v) is 13.0. The molecule has 0 aliphatic rings. The zero-order valence-electron chi connectivity index (χ0n) is 13.0. The Kier molecular flexibility index (Phi) is 5.15. The maximum Gasteiger partial charge on any atom is 0.208 e. The van der Waals surface area contributed by atoms with Gasteiger partial charge in [-0.2, -0.15) is 0 Å². The molecule has 0 radical (unpaired) electrons. The summed E-state index contributed by atoms with van der Waals surface area (Å²) in [5.74, 6) is 1.57. The summed E-state index contributed by atoms with van der Waals surface area (Å²) in [6.45, 7) is 7.00. The highest BCUT2D eigenvalue weighted by molar-refractivity contribution is 5.19. The van der Waals surface area contributed by atoms with Crippen molar-refractivity contribution in [3.8, 4) is 0 Å². The molecule has 1 aromatic carbocycles. The van der Waals surface area contributed by atoms with Gasteiger partial charge in [0.1, 0.15) is 5.76 Å². The largest absolute Gasteiger partial charge is 0.444 e. The number of aromatic nitrogens is 1. The van der Waals surface area contributed by atoms with E-state index < -0.39 is 0 Å². The molecule has 4 heteroatoms. The van der Waals surface area contributed by atoms with Gasteiger partial charge in [0.25, 0.3) is 0 Å². The first-order valence-corrected chi connectivity index (χ1v) is 7.35. The molecule has 0 amide bonds. The van der Waals surface area contributed by atoms with Gasteiger partial charge in [0, 0.05) is 18.1 Å². The van der Waals surface area contributed by atoms with Crippen molar-refractivity contribution in [2.75, 3.05) is 6.61 Å². The van der Waals surface area contributed by atoms with Gasteiger partial charge in [-0.3, -0.25) is 0 Å². The number of aliphatic hydroxyl groups excluding tert-OH is 1. The number of nitrogens with one attached hydrogen (secondary N) is 1. The molecule has 0 bridgehead atoms. The van der Waals surface area contributed by atoms with Crippen LogP contribution in [0.15, 0.2) is 40.9 Å². The summed E-state index contributed by atoms with van der Waals surface area (Å²) < 4.78 is 5.78. The van der Waals surface area contributed by atoms with Crippen LogP contribution in [0, 0.1) is 0 Å². The molecule has 0 aliphatic carbocycles. The van der Waals surface area contributed by atoms with E-state index in [1.807, 2.05) is 18.2 Å². The standard InChI is InChI=1S/C17H24N2O2/c1-17(2,3)15-11-19-16(21-15)12-18-14(9-10-20)13-7-5-4-6-8-13/h4-8,11,14,18,20H,9-10,12H2,1-3H3. The lowest BCUT2D eigenvalue weighted by atomic mass is 9.94. The second-order valence-electron chi connectivity index (χ2n) is 6.22. The molecular weight excluding hydrogens is 264 g/mol. The SMILES string of the molecule is CC(C)(C)c1cnc(CNC(CCO)c2ccccc2)o1. The molecule has 2 N–H and O–H groups in total. The van der Waals surface area contributed by atoms with Crippen molar-refractivity contribution < 1.29 is 9.52 Å². The maximum atomic E-state index is 9.23. The molecule has 2 rings (SSSR count). The Morgan fingerprint density at radius 3 is 2.52 bits per heavy atom. The number of rotatable bonds is 6. The van der Waals surface area contributed by atoms with Crippen LogP contribution in [0.2, 0.25) is 0 Å². The predicted octanol–water partition coefficient (Wildman–Crippen LogP) is 3.19. The molecule has 1 atom stereocenters. The van der Waals surface area contributed by atoms with Crippen LogP contribution >= 0.6 is 0 Å². The van der Waals surface area contributed by atoms with Gasteiger partial charge in [0.05, 0.1) is 12.7 Å². The van der Waals surface area contributed by atoms with E-state index in [1.54, 1.807) is 6.20 Å². The highest BCUT2D eigenvalue weighted by Gasteiger charge is 2.19. The Morgan fingerprint density at radius 1 is 1.24 bits per heavy atom. The van der Waals surface area contributed by atoms with Gasteiger partial charge in [-0.15, -0.1) is 0 Å². The van der Waals surface area contributed by atoms with Crippen molar-refractivity contribution in [3.05, 3.63) is 53.7 Å². The maximum absolute atomic E-state index is 9.23. The molecule has 1 unspecified atom stereocenters. The number of aliphatic hydroxyl groups is 1. The van der Waals surface area contributed by atoms with E-state index in [0.717, 1.165) is 11.3 Å². The van der Waals surface area contributed by atoms with Crippen LogP contribution in [0.1, 0.15) is 50.4 Å². The molecule has 1 heterocycles. The van der Waals surface area contributed by atoms with E-state index in [-0.39, 0.29) is 18.1 Å². The molecule has 0 fully saturated rings. The van der Waals surface area contributed by atoms with Crippen LogP contribution in [-0.4, -0.2) is 16.7 Å². The van der Waals surface area contributed by atoms with Crippen LogP contribution < -0.4 is 5.32 Å². The third kappa shape index (κ3) is 4.41. The molecule has 0 spiro atoms. The van der Waals surface area contributed by atoms with Crippen LogP contribution in [-0.2, 0) is 12.0 Å². The van der Waals surface area contributed by atoms with Gasteiger partial charge in [0.15, 0.2) is 0 Å². The first-order valence-electron chi connectivity index (χ1n) is 7.35. The van der Waals surface area contributed by atoms with Crippen molar-refractivity contribution in [1.29, 1.82) is 0 Å². The van der Waals surface area contributed by atoms with Gasteiger partial charge >= 0.3 is 0 Å². The van der Waals surface area contributed by atoms with Crippen molar-refractivity contribution >= 4 is 0 Å². The smallest absolute Gasteiger partial charge is 0.208 e. The van der Waals surface area contributed by atoms with E-state index in [2.05, 4.69) is 43.2 Å². The lowest BCUT2D eigenvalue weighted by Crippen LogP contribution is -2.22. The Labute approximate surface area is 126 Å². The number of nitrogens with zero attached hydrogens (tertiary/aromatic N) is 1. The third-order valence-electron chi connectivity index (χ3n) is 3.41. The van der Waals surface area contributed by atoms with Crippen molar-refractivity contribution in [2.45, 2.75) is 45.2 Å². The number of oxazole rings is 1. The molecule has 0 aliphatic heterocycles. The molecule has 1 aromatic heterocycles. The lowest BCUT2D eigenvalue weighted by Gasteiger charge is -2.17. The van der Waals surface area contributed by atoms with E-state index >= 15 is 0 Å². The van der Waals surface area contributed by atoms with Gasteiger partial charge in [-0.05, 0) is 12.0 Å². The molecule has 0 saturated carbocycles. The average Bonchev–Trinajstić information content (AvgIpc) is 2.93. The second-order valence-corrected chi connectivity index (χ2v) is 6.22. The fraction of sp³-hybridized carbons (Fsp3) is 0.471. The number of hydrogen-bond acceptors (Lipinski definition) is 4. The minimum Gasteiger partial charge on any atom is -0.444 e. The Morgan fingerprint density at radius 2 is 1.95 bits per heavy atom. The summed E-state index contributed by atoms with van der Waals surface area (Å²) in [6, 6.07) is 10.2. The fourth-order valence-electron chi connectivity index (χ4n) is 2.15. The van der Waals surface area contributed by atoms with Gasteiger partial charge in [-0.25, -0.2) is 4.98 Å². The molecule has 2 aromatic rings. The number of benzene rings is 1. The van der Waals surface area contributed by atoms with Crippen molar-refractivity contribution in [3.63, 3.8) is 0 Å². The summed E-state index contributed by atoms with van der Waals surface area (Å²) in [5, 5.41) is 12.6. The number of hydrogen-bond donors (Lipinski definition) is 2. The molecule has 114 valence electrons. The first kappa shape index (κ1) is 15.7. The summed E-state index contributed by atoms with van der Waals surface area (Å²) in [6.07, 6.45) is 2.46. The summed E-state index contributed by atoms with van der Waals surface area (Å²) in [7, 11) is 0. The van der Waals surface area contributed by atoms with E-state index in [0.29, 0.717) is 18.9 Å². The quantitative estimate of drug-likeness (QED) is 0.857. The Balaban J connectivity index is 2.01. The summed E-state index contributed by atoms with van der Waals surface area (Å²) in [5.41, 5.74) is 1.13. The molecule has 4 nitrogen and oxygen atoms in total. The topological polar surface area (TPSA) is 58.3 Å². The van der Waals surface area contributed by atoms with Crippen molar-refractivity contribution in [2.24, 2.45) is 0 Å². The fourth-order valence-corrected chi connectivity index (χ4v) is 2.15. The van der Waals surface area contributed by atoms with Crippen LogP contribution in [0.4, 0.5) is 0 Å². The molecule has 0 saturated heterocycles. The predicted molar refractivity (Wildman–Crippen MR) is 82.9 cm³/mol. The summed E-state index contributed by atoms with van der Waals surface area (Å²) in [4.78, 5) is 4.32. The highest BCUT2D eigenvalue weighted by Crippen LogP contribution is 2.23. The van der Waals surface area contributed by atoms with E-state index in [9.17, 15) is 5.11 Å².